The van der Waals surface area contributed by atoms with Crippen LogP contribution in [0, 0.1) is 0 Å². The number of hydrogen-bond acceptors (Lipinski definition) is 4. The number of amides is 2. The minimum Gasteiger partial charge on any atom is -0.508 e. The molecule has 4 aromatic rings. The summed E-state index contributed by atoms with van der Waals surface area (Å²) in [5.74, 6) is -0.508. The Hall–Kier alpha value is -5.31. The zero-order chi connectivity index (χ0) is 31.0. The first-order valence-electron chi connectivity index (χ1n) is 13.3. The van der Waals surface area contributed by atoms with E-state index in [1.807, 2.05) is 36.4 Å². The first kappa shape index (κ1) is 30.6. The van der Waals surface area contributed by atoms with Gasteiger partial charge in [-0.3, -0.25) is 9.59 Å². The quantitative estimate of drug-likeness (QED) is 0.180. The second-order valence-electron chi connectivity index (χ2n) is 9.80. The molecule has 0 heterocycles. The Balaban J connectivity index is 1.34. The fourth-order valence-corrected chi connectivity index (χ4v) is 4.34. The first-order valence-corrected chi connectivity index (χ1v) is 13.3. The summed E-state index contributed by atoms with van der Waals surface area (Å²) in [4.78, 5) is 27.3. The summed E-state index contributed by atoms with van der Waals surface area (Å²) in [6.45, 7) is 4.08. The van der Waals surface area contributed by atoms with E-state index in [0.717, 1.165) is 28.8 Å². The number of aromatic hydroxyl groups is 1. The molecule has 4 rings (SSSR count). The van der Waals surface area contributed by atoms with Crippen molar-refractivity contribution >= 4 is 11.8 Å². The third-order valence-corrected chi connectivity index (χ3v) is 6.57. The van der Waals surface area contributed by atoms with Gasteiger partial charge >= 0.3 is 6.18 Å². The Morgan fingerprint density at radius 3 is 2.05 bits per heavy atom. The van der Waals surface area contributed by atoms with Crippen LogP contribution in [-0.2, 0) is 17.5 Å². The largest absolute Gasteiger partial charge is 0.508 e. The van der Waals surface area contributed by atoms with Crippen molar-refractivity contribution in [2.24, 2.45) is 0 Å². The minimum atomic E-state index is -4.46. The molecular weight excluding hydrogens is 555 g/mol. The second-order valence-corrected chi connectivity index (χ2v) is 9.80. The molecule has 0 bridgehead atoms. The lowest BCUT2D eigenvalue weighted by Crippen LogP contribution is -2.33. The zero-order valence-electron chi connectivity index (χ0n) is 23.4. The number of allylic oxidation sites excluding steroid dienone is 1. The number of likely N-dealkylation sites (N-methyl/N-ethyl adjacent to an activating group) is 1. The molecule has 0 aliphatic heterocycles. The number of carbonyl (C=O) groups is 2. The van der Waals surface area contributed by atoms with Crippen LogP contribution >= 0.6 is 0 Å². The Labute approximate surface area is 247 Å². The molecule has 0 unspecified atom stereocenters. The molecular formula is C34H30F3N3O3. The van der Waals surface area contributed by atoms with Crippen molar-refractivity contribution in [3.05, 3.63) is 138 Å². The van der Waals surface area contributed by atoms with E-state index in [1.165, 1.54) is 18.2 Å². The van der Waals surface area contributed by atoms with Gasteiger partial charge in [-0.25, -0.2) is 0 Å². The third kappa shape index (κ3) is 8.36. The average Bonchev–Trinajstić information content (AvgIpc) is 3.00. The number of alkyl halides is 3. The Morgan fingerprint density at radius 1 is 0.860 bits per heavy atom. The van der Waals surface area contributed by atoms with Gasteiger partial charge in [0.25, 0.3) is 5.91 Å². The fourth-order valence-electron chi connectivity index (χ4n) is 4.34. The van der Waals surface area contributed by atoms with Gasteiger partial charge in [-0.05, 0) is 64.2 Å². The molecule has 0 aliphatic rings. The number of nitrogens with one attached hydrogen (secondary N) is 2. The molecule has 0 radical (unpaired) electrons. The Kier molecular flexibility index (Phi) is 9.67. The number of nitrogens with zero attached hydrogens (tertiary/aromatic N) is 1. The molecule has 220 valence electrons. The van der Waals surface area contributed by atoms with Gasteiger partial charge in [-0.15, -0.1) is 0 Å². The predicted octanol–water partition coefficient (Wildman–Crippen LogP) is 6.75. The first-order chi connectivity index (χ1) is 20.5. The van der Waals surface area contributed by atoms with E-state index < -0.39 is 17.6 Å². The highest BCUT2D eigenvalue weighted by Gasteiger charge is 2.30. The van der Waals surface area contributed by atoms with Crippen LogP contribution in [0.15, 0.2) is 122 Å². The average molecular weight is 586 g/mol. The van der Waals surface area contributed by atoms with Crippen molar-refractivity contribution in [3.8, 4) is 28.0 Å². The smallest absolute Gasteiger partial charge is 0.416 e. The summed E-state index contributed by atoms with van der Waals surface area (Å²) < 4.78 is 38.9. The topological polar surface area (TPSA) is 81.7 Å². The maximum absolute atomic E-state index is 13.1. The highest BCUT2D eigenvalue weighted by molar-refractivity contribution is 6.01. The summed E-state index contributed by atoms with van der Waals surface area (Å²) >= 11 is 0. The lowest BCUT2D eigenvalue weighted by atomic mass is 9.98. The van der Waals surface area contributed by atoms with E-state index in [0.29, 0.717) is 23.4 Å². The summed E-state index contributed by atoms with van der Waals surface area (Å²) in [6, 6.07) is 25.8. The summed E-state index contributed by atoms with van der Waals surface area (Å²) in [6.07, 6.45) is -1.45. The molecule has 0 spiro atoms. The molecule has 0 aromatic heterocycles. The summed E-state index contributed by atoms with van der Waals surface area (Å²) in [5.41, 5.74) is 3.65. The lowest BCUT2D eigenvalue weighted by molar-refractivity contribution is -0.137. The predicted molar refractivity (Wildman–Crippen MR) is 161 cm³/mol. The number of carbonyl (C=O) groups excluding carboxylic acids is 2. The maximum Gasteiger partial charge on any atom is 0.416 e. The third-order valence-electron chi connectivity index (χ3n) is 6.57. The van der Waals surface area contributed by atoms with Crippen LogP contribution in [-0.4, -0.2) is 35.4 Å². The van der Waals surface area contributed by atoms with Crippen molar-refractivity contribution in [3.63, 3.8) is 0 Å². The SMILES string of the molecule is C=C/C(=C\N(C)CC(=O)NCc1ccc(-c2ccc(O)cc2)cc1)NC(=O)c1ccccc1-c1ccc(C(F)(F)F)cc1. The van der Waals surface area contributed by atoms with Gasteiger partial charge in [0.1, 0.15) is 5.75 Å². The van der Waals surface area contributed by atoms with E-state index >= 15 is 0 Å². The van der Waals surface area contributed by atoms with Crippen LogP contribution in [0.5, 0.6) is 5.75 Å². The highest BCUT2D eigenvalue weighted by atomic mass is 19.4. The van der Waals surface area contributed by atoms with Gasteiger partial charge in [0.15, 0.2) is 0 Å². The normalized spacial score (nSPS) is 11.5. The number of halogens is 3. The van der Waals surface area contributed by atoms with Crippen molar-refractivity contribution in [1.82, 2.24) is 15.5 Å². The molecule has 0 aliphatic carbocycles. The van der Waals surface area contributed by atoms with Gasteiger partial charge in [-0.2, -0.15) is 13.2 Å². The molecule has 0 saturated heterocycles. The summed E-state index contributed by atoms with van der Waals surface area (Å²) in [7, 11) is 1.68. The molecule has 3 N–H and O–H groups in total. The number of hydrogen-bond donors (Lipinski definition) is 3. The van der Waals surface area contributed by atoms with Crippen molar-refractivity contribution in [2.45, 2.75) is 12.7 Å². The Morgan fingerprint density at radius 2 is 1.44 bits per heavy atom. The van der Waals surface area contributed by atoms with Crippen molar-refractivity contribution in [1.29, 1.82) is 0 Å². The molecule has 0 atom stereocenters. The maximum atomic E-state index is 13.1. The fraction of sp³-hybridized carbons (Fsp3) is 0.118. The van der Waals surface area contributed by atoms with Gasteiger partial charge in [0.2, 0.25) is 5.91 Å². The molecule has 43 heavy (non-hydrogen) atoms. The molecule has 9 heteroatoms. The van der Waals surface area contributed by atoms with Crippen LogP contribution in [0.3, 0.4) is 0 Å². The van der Waals surface area contributed by atoms with Crippen LogP contribution in [0.4, 0.5) is 13.2 Å². The Bertz CT molecular complexity index is 1610. The van der Waals surface area contributed by atoms with Crippen molar-refractivity contribution < 1.29 is 27.9 Å². The standard InChI is InChI=1S/C34H30F3N3O3/c1-3-28(39-33(43)31-7-5-4-6-30(31)26-12-16-27(17-13-26)34(35,36)37)21-40(2)22-32(42)38-20-23-8-10-24(11-9-23)25-14-18-29(41)19-15-25/h3-19,21,41H,1,20,22H2,2H3,(H,38,42)(H,39,43)/b28-21+. The molecule has 0 fully saturated rings. The number of rotatable bonds is 10. The van der Waals surface area contributed by atoms with Gasteiger partial charge in [0.05, 0.1) is 17.8 Å². The summed E-state index contributed by atoms with van der Waals surface area (Å²) in [5, 5.41) is 15.1. The number of phenols is 1. The molecule has 6 nitrogen and oxygen atoms in total. The number of benzene rings is 4. The van der Waals surface area contributed by atoms with Gasteiger partial charge in [0, 0.05) is 25.4 Å². The van der Waals surface area contributed by atoms with Crippen LogP contribution in [0.2, 0.25) is 0 Å². The van der Waals surface area contributed by atoms with Gasteiger partial charge in [-0.1, -0.05) is 73.3 Å². The van der Waals surface area contributed by atoms with E-state index in [2.05, 4.69) is 17.2 Å². The monoisotopic (exact) mass is 585 g/mol. The van der Waals surface area contributed by atoms with E-state index in [9.17, 15) is 27.9 Å². The van der Waals surface area contributed by atoms with E-state index in [4.69, 9.17) is 0 Å². The van der Waals surface area contributed by atoms with E-state index in [1.54, 1.807) is 54.5 Å². The number of phenolic OH excluding ortho intramolecular Hbond substituents is 1. The van der Waals surface area contributed by atoms with Crippen LogP contribution < -0.4 is 10.6 Å². The lowest BCUT2D eigenvalue weighted by Gasteiger charge is -2.17. The molecule has 2 amide bonds. The van der Waals surface area contributed by atoms with Gasteiger partial charge < -0.3 is 20.6 Å². The van der Waals surface area contributed by atoms with Crippen LogP contribution in [0.25, 0.3) is 22.3 Å². The second kappa shape index (κ2) is 13.6. The zero-order valence-corrected chi connectivity index (χ0v) is 23.4. The van der Waals surface area contributed by atoms with E-state index in [-0.39, 0.29) is 23.8 Å². The van der Waals surface area contributed by atoms with Crippen LogP contribution in [0.1, 0.15) is 21.5 Å². The minimum absolute atomic E-state index is 0.0148. The molecule has 0 saturated carbocycles. The van der Waals surface area contributed by atoms with Crippen molar-refractivity contribution in [2.75, 3.05) is 13.6 Å². The highest BCUT2D eigenvalue weighted by Crippen LogP contribution is 2.32. The molecule has 4 aromatic carbocycles.